The molecule has 0 saturated heterocycles. The highest BCUT2D eigenvalue weighted by molar-refractivity contribution is 7.16. The van der Waals surface area contributed by atoms with Gasteiger partial charge in [-0.2, -0.15) is 0 Å². The molecule has 2 aromatic heterocycles. The van der Waals surface area contributed by atoms with Gasteiger partial charge in [0.15, 0.2) is 0 Å². The topological polar surface area (TPSA) is 55.0 Å². The monoisotopic (exact) mass is 222 g/mol. The van der Waals surface area contributed by atoms with E-state index >= 15 is 0 Å². The smallest absolute Gasteiger partial charge is 0.140 e. The fraction of sp³-hybridized carbons (Fsp3) is 0.400. The first-order chi connectivity index (χ1) is 7.33. The van der Waals surface area contributed by atoms with Gasteiger partial charge in [-0.15, -0.1) is 11.3 Å². The maximum absolute atomic E-state index is 5.49. The summed E-state index contributed by atoms with van der Waals surface area (Å²) in [7, 11) is 2.04. The SMILES string of the molecule is CN(CCCN)c1ncnc2sccc12. The molecule has 0 spiro atoms. The zero-order valence-electron chi connectivity index (χ0n) is 8.68. The van der Waals surface area contributed by atoms with Crippen LogP contribution >= 0.6 is 11.3 Å². The molecule has 15 heavy (non-hydrogen) atoms. The Bertz CT molecular complexity index is 440. The number of hydrogen-bond acceptors (Lipinski definition) is 5. The largest absolute Gasteiger partial charge is 0.359 e. The van der Waals surface area contributed by atoms with Crippen molar-refractivity contribution in [2.24, 2.45) is 5.73 Å². The van der Waals surface area contributed by atoms with Crippen LogP contribution in [-0.4, -0.2) is 30.1 Å². The molecule has 0 radical (unpaired) electrons. The second-order valence-corrected chi connectivity index (χ2v) is 4.30. The third-order valence-electron chi connectivity index (χ3n) is 2.30. The van der Waals surface area contributed by atoms with Gasteiger partial charge in [0, 0.05) is 13.6 Å². The summed E-state index contributed by atoms with van der Waals surface area (Å²) in [6.07, 6.45) is 2.60. The van der Waals surface area contributed by atoms with E-state index in [0.717, 1.165) is 29.0 Å². The van der Waals surface area contributed by atoms with E-state index in [2.05, 4.69) is 20.9 Å². The van der Waals surface area contributed by atoms with Crippen molar-refractivity contribution in [1.29, 1.82) is 0 Å². The van der Waals surface area contributed by atoms with E-state index in [4.69, 9.17) is 5.73 Å². The van der Waals surface area contributed by atoms with Crippen LogP contribution in [0.5, 0.6) is 0 Å². The Balaban J connectivity index is 2.29. The molecule has 2 N–H and O–H groups in total. The molecule has 4 nitrogen and oxygen atoms in total. The lowest BCUT2D eigenvalue weighted by atomic mass is 10.3. The van der Waals surface area contributed by atoms with E-state index in [1.165, 1.54) is 0 Å². The minimum absolute atomic E-state index is 0.711. The number of fused-ring (bicyclic) bond motifs is 1. The molecule has 5 heteroatoms. The van der Waals surface area contributed by atoms with Gasteiger partial charge in [0.1, 0.15) is 17.0 Å². The van der Waals surface area contributed by atoms with Crippen molar-refractivity contribution in [2.75, 3.05) is 25.0 Å². The second-order valence-electron chi connectivity index (χ2n) is 3.40. The maximum Gasteiger partial charge on any atom is 0.140 e. The first-order valence-electron chi connectivity index (χ1n) is 4.92. The van der Waals surface area contributed by atoms with Gasteiger partial charge in [0.2, 0.25) is 0 Å². The van der Waals surface area contributed by atoms with Gasteiger partial charge in [0.05, 0.1) is 5.39 Å². The van der Waals surface area contributed by atoms with Crippen LogP contribution in [0.15, 0.2) is 17.8 Å². The van der Waals surface area contributed by atoms with Gasteiger partial charge in [-0.05, 0) is 24.4 Å². The van der Waals surface area contributed by atoms with Crippen molar-refractivity contribution in [2.45, 2.75) is 6.42 Å². The minimum atomic E-state index is 0.711. The highest BCUT2D eigenvalue weighted by Crippen LogP contribution is 2.25. The highest BCUT2D eigenvalue weighted by Gasteiger charge is 2.08. The predicted octanol–water partition coefficient (Wildman–Crippen LogP) is 1.48. The Morgan fingerprint density at radius 1 is 1.47 bits per heavy atom. The fourth-order valence-corrected chi connectivity index (χ4v) is 2.24. The fourth-order valence-electron chi connectivity index (χ4n) is 1.52. The number of anilines is 1. The quantitative estimate of drug-likeness (QED) is 0.851. The molecule has 0 atom stereocenters. The molecule has 0 aliphatic carbocycles. The molecule has 0 unspecified atom stereocenters. The summed E-state index contributed by atoms with van der Waals surface area (Å²) in [6, 6.07) is 2.06. The number of hydrogen-bond donors (Lipinski definition) is 1. The summed E-state index contributed by atoms with van der Waals surface area (Å²) in [5.74, 6) is 0.995. The molecule has 0 aliphatic rings. The average molecular weight is 222 g/mol. The lowest BCUT2D eigenvalue weighted by Gasteiger charge is -2.17. The first-order valence-corrected chi connectivity index (χ1v) is 5.80. The van der Waals surface area contributed by atoms with Crippen LogP contribution in [0.2, 0.25) is 0 Å². The van der Waals surface area contributed by atoms with Gasteiger partial charge < -0.3 is 10.6 Å². The third kappa shape index (κ3) is 2.08. The number of aromatic nitrogens is 2. The molecule has 2 heterocycles. The van der Waals surface area contributed by atoms with Crippen molar-refractivity contribution in [1.82, 2.24) is 9.97 Å². The summed E-state index contributed by atoms with van der Waals surface area (Å²) in [5, 5.41) is 3.17. The molecule has 2 aromatic rings. The van der Waals surface area contributed by atoms with Crippen LogP contribution in [0.3, 0.4) is 0 Å². The molecule has 0 amide bonds. The Labute approximate surface area is 92.8 Å². The maximum atomic E-state index is 5.49. The Morgan fingerprint density at radius 2 is 2.33 bits per heavy atom. The normalized spacial score (nSPS) is 10.8. The molecule has 0 aromatic carbocycles. The molecule has 0 aliphatic heterocycles. The lowest BCUT2D eigenvalue weighted by molar-refractivity contribution is 0.788. The molecule has 0 fully saturated rings. The van der Waals surface area contributed by atoms with E-state index in [9.17, 15) is 0 Å². The Kier molecular flexibility index (Phi) is 3.13. The van der Waals surface area contributed by atoms with Crippen molar-refractivity contribution in [3.63, 3.8) is 0 Å². The van der Waals surface area contributed by atoms with E-state index in [1.54, 1.807) is 17.7 Å². The number of thiophene rings is 1. The van der Waals surface area contributed by atoms with Gasteiger partial charge in [0.25, 0.3) is 0 Å². The van der Waals surface area contributed by atoms with Gasteiger partial charge in [-0.1, -0.05) is 0 Å². The molecule has 80 valence electrons. The Morgan fingerprint density at radius 3 is 3.13 bits per heavy atom. The van der Waals surface area contributed by atoms with E-state index in [1.807, 2.05) is 12.4 Å². The Hall–Kier alpha value is -1.20. The molecule has 2 rings (SSSR count). The zero-order chi connectivity index (χ0) is 10.7. The second kappa shape index (κ2) is 4.55. The molecule has 0 bridgehead atoms. The molecular formula is C10H14N4S. The minimum Gasteiger partial charge on any atom is -0.359 e. The van der Waals surface area contributed by atoms with Gasteiger partial charge in [-0.3, -0.25) is 0 Å². The van der Waals surface area contributed by atoms with Crippen molar-refractivity contribution in [3.05, 3.63) is 17.8 Å². The van der Waals surface area contributed by atoms with E-state index < -0.39 is 0 Å². The summed E-state index contributed by atoms with van der Waals surface area (Å²) < 4.78 is 0. The third-order valence-corrected chi connectivity index (χ3v) is 3.12. The van der Waals surface area contributed by atoms with Gasteiger partial charge >= 0.3 is 0 Å². The van der Waals surface area contributed by atoms with Gasteiger partial charge in [-0.25, -0.2) is 9.97 Å². The van der Waals surface area contributed by atoms with Crippen molar-refractivity contribution >= 4 is 27.4 Å². The van der Waals surface area contributed by atoms with Crippen molar-refractivity contribution < 1.29 is 0 Å². The summed E-state index contributed by atoms with van der Waals surface area (Å²) in [6.45, 7) is 1.64. The van der Waals surface area contributed by atoms with Crippen LogP contribution in [0.25, 0.3) is 10.2 Å². The van der Waals surface area contributed by atoms with Crippen LogP contribution in [0.4, 0.5) is 5.82 Å². The highest BCUT2D eigenvalue weighted by atomic mass is 32.1. The van der Waals surface area contributed by atoms with E-state index in [0.29, 0.717) is 6.54 Å². The van der Waals surface area contributed by atoms with Crippen LogP contribution in [-0.2, 0) is 0 Å². The van der Waals surface area contributed by atoms with E-state index in [-0.39, 0.29) is 0 Å². The average Bonchev–Trinajstić information content (AvgIpc) is 2.73. The summed E-state index contributed by atoms with van der Waals surface area (Å²) >= 11 is 1.64. The zero-order valence-corrected chi connectivity index (χ0v) is 9.50. The van der Waals surface area contributed by atoms with Crippen LogP contribution < -0.4 is 10.6 Å². The van der Waals surface area contributed by atoms with Crippen LogP contribution in [0.1, 0.15) is 6.42 Å². The number of nitrogens with two attached hydrogens (primary N) is 1. The number of nitrogens with zero attached hydrogens (tertiary/aromatic N) is 3. The van der Waals surface area contributed by atoms with Crippen LogP contribution in [0, 0.1) is 0 Å². The summed E-state index contributed by atoms with van der Waals surface area (Å²) in [5.41, 5.74) is 5.49. The predicted molar refractivity (Wildman–Crippen MR) is 64.4 cm³/mol. The summed E-state index contributed by atoms with van der Waals surface area (Å²) in [4.78, 5) is 11.7. The van der Waals surface area contributed by atoms with Crippen molar-refractivity contribution in [3.8, 4) is 0 Å². The molecular weight excluding hydrogens is 208 g/mol. The molecule has 0 saturated carbocycles. The number of rotatable bonds is 4. The lowest BCUT2D eigenvalue weighted by Crippen LogP contribution is -2.22. The first kappa shape index (κ1) is 10.3. The standard InChI is InChI=1S/C10H14N4S/c1-14(5-2-4-11)9-8-3-6-15-10(8)13-7-12-9/h3,6-7H,2,4-5,11H2,1H3.